The molecule has 3 nitrogen and oxygen atoms in total. The highest BCUT2D eigenvalue weighted by atomic mass is 79.9. The average molecular weight is 299 g/mol. The molecule has 0 radical (unpaired) electrons. The van der Waals surface area contributed by atoms with E-state index in [0.717, 1.165) is 22.5 Å². The van der Waals surface area contributed by atoms with Gasteiger partial charge in [0.15, 0.2) is 0 Å². The van der Waals surface area contributed by atoms with Crippen LogP contribution in [0.2, 0.25) is 0 Å². The lowest BCUT2D eigenvalue weighted by Crippen LogP contribution is -2.17. The van der Waals surface area contributed by atoms with Crippen LogP contribution in [0.1, 0.15) is 32.3 Å². The largest absolute Gasteiger partial charge is 0.477 e. The summed E-state index contributed by atoms with van der Waals surface area (Å²) in [7, 11) is 0. The molecule has 4 heteroatoms. The summed E-state index contributed by atoms with van der Waals surface area (Å²) in [5.41, 5.74) is 1.13. The van der Waals surface area contributed by atoms with Gasteiger partial charge in [0, 0.05) is 28.8 Å². The van der Waals surface area contributed by atoms with Crippen LogP contribution in [0.15, 0.2) is 16.7 Å². The van der Waals surface area contributed by atoms with Crippen LogP contribution in [0.3, 0.4) is 0 Å². The Morgan fingerprint density at radius 1 is 1.53 bits per heavy atom. The predicted molar refractivity (Wildman–Crippen MR) is 72.1 cm³/mol. The van der Waals surface area contributed by atoms with E-state index in [4.69, 9.17) is 4.74 Å². The van der Waals surface area contributed by atoms with Crippen LogP contribution in [0.25, 0.3) is 0 Å². The lowest BCUT2D eigenvalue weighted by Gasteiger charge is -2.12. The van der Waals surface area contributed by atoms with Gasteiger partial charge in [-0.2, -0.15) is 0 Å². The van der Waals surface area contributed by atoms with Crippen molar-refractivity contribution in [2.24, 2.45) is 5.92 Å². The Kier molecular flexibility index (Phi) is 4.40. The Hall–Kier alpha value is -0.610. The zero-order chi connectivity index (χ0) is 12.3. The van der Waals surface area contributed by atoms with Gasteiger partial charge >= 0.3 is 0 Å². The molecule has 0 spiro atoms. The summed E-state index contributed by atoms with van der Waals surface area (Å²) in [5.74, 6) is 1.28. The lowest BCUT2D eigenvalue weighted by molar-refractivity contribution is 0.258. The number of ether oxygens (including phenoxy) is 1. The van der Waals surface area contributed by atoms with Crippen molar-refractivity contribution in [3.8, 4) is 5.88 Å². The van der Waals surface area contributed by atoms with E-state index in [0.29, 0.717) is 18.6 Å². The van der Waals surface area contributed by atoms with Gasteiger partial charge in [-0.1, -0.05) is 13.8 Å². The first-order valence-electron chi connectivity index (χ1n) is 6.15. The summed E-state index contributed by atoms with van der Waals surface area (Å²) in [5, 5.41) is 3.49. The molecule has 0 aromatic carbocycles. The van der Waals surface area contributed by atoms with Crippen molar-refractivity contribution in [3.63, 3.8) is 0 Å². The van der Waals surface area contributed by atoms with Crippen molar-refractivity contribution in [1.82, 2.24) is 10.3 Å². The molecule has 17 heavy (non-hydrogen) atoms. The zero-order valence-electron chi connectivity index (χ0n) is 10.4. The second kappa shape index (κ2) is 5.83. The minimum Gasteiger partial charge on any atom is -0.477 e. The maximum Gasteiger partial charge on any atom is 0.217 e. The van der Waals surface area contributed by atoms with Gasteiger partial charge in [0.25, 0.3) is 0 Å². The van der Waals surface area contributed by atoms with Gasteiger partial charge in [0.05, 0.1) is 6.61 Å². The highest BCUT2D eigenvalue weighted by Crippen LogP contribution is 2.23. The van der Waals surface area contributed by atoms with Crippen molar-refractivity contribution in [2.45, 2.75) is 39.3 Å². The Morgan fingerprint density at radius 2 is 2.29 bits per heavy atom. The van der Waals surface area contributed by atoms with E-state index in [1.54, 1.807) is 6.20 Å². The highest BCUT2D eigenvalue weighted by Gasteiger charge is 2.21. The predicted octanol–water partition coefficient (Wildman–Crippen LogP) is 3.13. The number of aromatic nitrogens is 1. The van der Waals surface area contributed by atoms with Crippen molar-refractivity contribution < 1.29 is 4.74 Å². The van der Waals surface area contributed by atoms with Crippen molar-refractivity contribution in [3.05, 3.63) is 22.3 Å². The first-order chi connectivity index (χ1) is 8.15. The first kappa shape index (κ1) is 12.8. The SMILES string of the molecule is CC(C)COc1ncc(Br)cc1CNC1CC1. The third kappa shape index (κ3) is 4.28. The van der Waals surface area contributed by atoms with Crippen LogP contribution < -0.4 is 10.1 Å². The fourth-order valence-corrected chi connectivity index (χ4v) is 1.89. The Morgan fingerprint density at radius 3 is 2.94 bits per heavy atom. The summed E-state index contributed by atoms with van der Waals surface area (Å²) in [6.45, 7) is 5.83. The van der Waals surface area contributed by atoms with E-state index >= 15 is 0 Å². The quantitative estimate of drug-likeness (QED) is 0.876. The number of hydrogen-bond acceptors (Lipinski definition) is 3. The van der Waals surface area contributed by atoms with Gasteiger partial charge in [0.2, 0.25) is 5.88 Å². The van der Waals surface area contributed by atoms with E-state index in [-0.39, 0.29) is 0 Å². The molecule has 1 aromatic rings. The minimum atomic E-state index is 0.518. The molecule has 0 aliphatic heterocycles. The fourth-order valence-electron chi connectivity index (χ4n) is 1.51. The molecule has 0 saturated heterocycles. The van der Waals surface area contributed by atoms with E-state index in [1.807, 2.05) is 0 Å². The van der Waals surface area contributed by atoms with Gasteiger partial charge in [-0.25, -0.2) is 4.98 Å². The second-order valence-corrected chi connectivity index (χ2v) is 5.89. The maximum absolute atomic E-state index is 5.73. The van der Waals surface area contributed by atoms with Crippen LogP contribution in [0, 0.1) is 5.92 Å². The van der Waals surface area contributed by atoms with Crippen molar-refractivity contribution in [2.75, 3.05) is 6.61 Å². The van der Waals surface area contributed by atoms with Crippen LogP contribution in [-0.2, 0) is 6.54 Å². The van der Waals surface area contributed by atoms with Crippen LogP contribution in [-0.4, -0.2) is 17.6 Å². The average Bonchev–Trinajstić information content (AvgIpc) is 3.08. The third-order valence-electron chi connectivity index (χ3n) is 2.60. The summed E-state index contributed by atoms with van der Waals surface area (Å²) in [6.07, 6.45) is 4.38. The molecular formula is C13H19BrN2O. The number of rotatable bonds is 6. The standard InChI is InChI=1S/C13H19BrN2O/c1-9(2)8-17-13-10(5-11(14)7-16-13)6-15-12-3-4-12/h5,7,9,12,15H,3-4,6,8H2,1-2H3. The molecule has 0 unspecified atom stereocenters. The molecule has 1 heterocycles. The molecule has 94 valence electrons. The topological polar surface area (TPSA) is 34.1 Å². The lowest BCUT2D eigenvalue weighted by atomic mass is 10.2. The van der Waals surface area contributed by atoms with Gasteiger partial charge in [-0.15, -0.1) is 0 Å². The molecule has 0 amide bonds. The number of hydrogen-bond donors (Lipinski definition) is 1. The number of nitrogens with one attached hydrogen (secondary N) is 1. The fraction of sp³-hybridized carbons (Fsp3) is 0.615. The van der Waals surface area contributed by atoms with Crippen molar-refractivity contribution >= 4 is 15.9 Å². The molecule has 0 bridgehead atoms. The van der Waals surface area contributed by atoms with E-state index in [9.17, 15) is 0 Å². The van der Waals surface area contributed by atoms with Gasteiger partial charge in [0.1, 0.15) is 0 Å². The molecule has 1 aliphatic carbocycles. The molecule has 2 rings (SSSR count). The van der Waals surface area contributed by atoms with E-state index in [1.165, 1.54) is 12.8 Å². The smallest absolute Gasteiger partial charge is 0.217 e. The summed E-state index contributed by atoms with van der Waals surface area (Å²) < 4.78 is 6.74. The number of nitrogens with zero attached hydrogens (tertiary/aromatic N) is 1. The molecule has 1 aliphatic rings. The molecular weight excluding hydrogens is 280 g/mol. The first-order valence-corrected chi connectivity index (χ1v) is 6.95. The molecule has 1 fully saturated rings. The molecule has 1 N–H and O–H groups in total. The Bertz CT molecular complexity index is 378. The monoisotopic (exact) mass is 298 g/mol. The van der Waals surface area contributed by atoms with E-state index in [2.05, 4.69) is 46.1 Å². The Labute approximate surface area is 111 Å². The highest BCUT2D eigenvalue weighted by molar-refractivity contribution is 9.10. The van der Waals surface area contributed by atoms with Crippen LogP contribution in [0.4, 0.5) is 0 Å². The van der Waals surface area contributed by atoms with Crippen molar-refractivity contribution in [1.29, 1.82) is 0 Å². The van der Waals surface area contributed by atoms with E-state index < -0.39 is 0 Å². The normalized spacial score (nSPS) is 15.3. The minimum absolute atomic E-state index is 0.518. The zero-order valence-corrected chi connectivity index (χ0v) is 12.0. The molecule has 1 saturated carbocycles. The third-order valence-corrected chi connectivity index (χ3v) is 3.04. The summed E-state index contributed by atoms with van der Waals surface area (Å²) in [6, 6.07) is 2.78. The number of pyridine rings is 1. The van der Waals surface area contributed by atoms with Gasteiger partial charge in [-0.3, -0.25) is 0 Å². The molecule has 1 aromatic heterocycles. The Balaban J connectivity index is 2.00. The number of halogens is 1. The van der Waals surface area contributed by atoms with Crippen LogP contribution >= 0.6 is 15.9 Å². The maximum atomic E-state index is 5.73. The summed E-state index contributed by atoms with van der Waals surface area (Å²) in [4.78, 5) is 4.34. The second-order valence-electron chi connectivity index (χ2n) is 4.98. The van der Waals surface area contributed by atoms with Gasteiger partial charge < -0.3 is 10.1 Å². The summed E-state index contributed by atoms with van der Waals surface area (Å²) >= 11 is 3.45. The molecule has 0 atom stereocenters. The van der Waals surface area contributed by atoms with Crippen LogP contribution in [0.5, 0.6) is 5.88 Å². The van der Waals surface area contributed by atoms with Gasteiger partial charge in [-0.05, 0) is 40.8 Å².